The number of para-hydroxylation sites is 1. The van der Waals surface area contributed by atoms with Crippen molar-refractivity contribution in [1.29, 1.82) is 0 Å². The maximum Gasteiger partial charge on any atom is 0.419 e. The van der Waals surface area contributed by atoms with Gasteiger partial charge in [-0.15, -0.1) is 0 Å². The van der Waals surface area contributed by atoms with E-state index < -0.39 is 22.9 Å². The van der Waals surface area contributed by atoms with E-state index in [-0.39, 0.29) is 16.9 Å². The van der Waals surface area contributed by atoms with Crippen LogP contribution in [0, 0.1) is 6.92 Å². The van der Waals surface area contributed by atoms with Gasteiger partial charge in [0.1, 0.15) is 5.69 Å². The van der Waals surface area contributed by atoms with Gasteiger partial charge in [0.25, 0.3) is 5.56 Å². The van der Waals surface area contributed by atoms with Gasteiger partial charge in [-0.2, -0.15) is 18.3 Å². The molecule has 4 nitrogen and oxygen atoms in total. The Morgan fingerprint density at radius 3 is 2.47 bits per heavy atom. The van der Waals surface area contributed by atoms with Crippen LogP contribution in [0.5, 0.6) is 0 Å². The number of hydrogen-bond acceptors (Lipinski definition) is 3. The Morgan fingerprint density at radius 2 is 1.89 bits per heavy atom. The molecule has 3 N–H and O–H groups in total. The summed E-state index contributed by atoms with van der Waals surface area (Å²) in [5.41, 5.74) is 3.21. The summed E-state index contributed by atoms with van der Waals surface area (Å²) < 4.78 is 39.2. The number of hydrogen-bond donors (Lipinski definition) is 2. The first kappa shape index (κ1) is 13.1. The van der Waals surface area contributed by atoms with E-state index in [0.717, 1.165) is 6.92 Å². The van der Waals surface area contributed by atoms with Gasteiger partial charge >= 0.3 is 6.18 Å². The number of benzene rings is 1. The van der Waals surface area contributed by atoms with E-state index in [1.54, 1.807) is 12.1 Å². The minimum absolute atomic E-state index is 0.133. The fraction of sp³-hybridized carbons (Fsp3) is 0.167. The number of H-pyrrole nitrogens is 1. The van der Waals surface area contributed by atoms with Crippen LogP contribution in [0.25, 0.3) is 11.3 Å². The Bertz CT molecular complexity index is 677. The molecule has 0 atom stereocenters. The molecule has 1 aromatic heterocycles. The first-order chi connectivity index (χ1) is 8.82. The zero-order valence-corrected chi connectivity index (χ0v) is 9.88. The predicted octanol–water partition coefficient (Wildman–Crippen LogP) is 2.35. The molecule has 0 saturated carbocycles. The molecule has 2 rings (SSSR count). The van der Waals surface area contributed by atoms with Crippen molar-refractivity contribution in [3.05, 3.63) is 45.7 Å². The lowest BCUT2D eigenvalue weighted by molar-refractivity contribution is -0.137. The number of nitrogens with zero attached hydrogens (tertiary/aromatic N) is 1. The smallest absolute Gasteiger partial charge is 0.398 e. The monoisotopic (exact) mass is 269 g/mol. The van der Waals surface area contributed by atoms with E-state index >= 15 is 0 Å². The van der Waals surface area contributed by atoms with E-state index in [0.29, 0.717) is 0 Å². The minimum Gasteiger partial charge on any atom is -0.398 e. The van der Waals surface area contributed by atoms with Crippen molar-refractivity contribution >= 4 is 5.69 Å². The fourth-order valence-electron chi connectivity index (χ4n) is 1.79. The van der Waals surface area contributed by atoms with Gasteiger partial charge in [-0.25, -0.2) is 5.10 Å². The number of alkyl halides is 3. The Morgan fingerprint density at radius 1 is 1.26 bits per heavy atom. The van der Waals surface area contributed by atoms with Gasteiger partial charge in [0, 0.05) is 16.8 Å². The second-order valence-electron chi connectivity index (χ2n) is 3.99. The molecule has 0 aliphatic rings. The second-order valence-corrected chi connectivity index (χ2v) is 3.99. The van der Waals surface area contributed by atoms with Crippen LogP contribution in [0.1, 0.15) is 11.1 Å². The molecule has 0 bridgehead atoms. The summed E-state index contributed by atoms with van der Waals surface area (Å²) in [5, 5.41) is 5.54. The van der Waals surface area contributed by atoms with Crippen molar-refractivity contribution in [1.82, 2.24) is 10.2 Å². The first-order valence-corrected chi connectivity index (χ1v) is 5.33. The van der Waals surface area contributed by atoms with E-state index in [2.05, 4.69) is 5.10 Å². The molecule has 2 aromatic rings. The molecule has 7 heteroatoms. The van der Waals surface area contributed by atoms with Gasteiger partial charge in [-0.05, 0) is 13.0 Å². The molecule has 1 aromatic carbocycles. The van der Waals surface area contributed by atoms with Crippen LogP contribution >= 0.6 is 0 Å². The van der Waals surface area contributed by atoms with Gasteiger partial charge in [0.05, 0.1) is 5.56 Å². The second kappa shape index (κ2) is 4.42. The average molecular weight is 269 g/mol. The highest BCUT2D eigenvalue weighted by Crippen LogP contribution is 2.38. The first-order valence-electron chi connectivity index (χ1n) is 5.33. The van der Waals surface area contributed by atoms with Gasteiger partial charge < -0.3 is 5.73 Å². The third kappa shape index (κ3) is 2.31. The lowest BCUT2D eigenvalue weighted by Crippen LogP contribution is -2.21. The summed E-state index contributed by atoms with van der Waals surface area (Å²) in [5.74, 6) is 0. The third-order valence-electron chi connectivity index (χ3n) is 2.72. The van der Waals surface area contributed by atoms with Gasteiger partial charge in [-0.1, -0.05) is 18.2 Å². The van der Waals surface area contributed by atoms with Crippen molar-refractivity contribution in [3.63, 3.8) is 0 Å². The molecule has 1 heterocycles. The maximum absolute atomic E-state index is 13.1. The number of halogens is 3. The van der Waals surface area contributed by atoms with Gasteiger partial charge in [-0.3, -0.25) is 4.79 Å². The summed E-state index contributed by atoms with van der Waals surface area (Å²) >= 11 is 0. The third-order valence-corrected chi connectivity index (χ3v) is 2.72. The zero-order valence-electron chi connectivity index (χ0n) is 9.88. The van der Waals surface area contributed by atoms with Crippen LogP contribution in [0.3, 0.4) is 0 Å². The SMILES string of the molecule is Cc1c(C(F)(F)F)c(-c2ccccc2N)n[nH]c1=O. The molecule has 0 radical (unpaired) electrons. The highest BCUT2D eigenvalue weighted by atomic mass is 19.4. The topological polar surface area (TPSA) is 71.8 Å². The van der Waals surface area contributed by atoms with Crippen molar-refractivity contribution in [2.24, 2.45) is 0 Å². The summed E-state index contributed by atoms with van der Waals surface area (Å²) in [4.78, 5) is 11.3. The van der Waals surface area contributed by atoms with E-state index in [4.69, 9.17) is 5.73 Å². The van der Waals surface area contributed by atoms with Crippen molar-refractivity contribution in [2.75, 3.05) is 5.73 Å². The van der Waals surface area contributed by atoms with Crippen LogP contribution in [-0.4, -0.2) is 10.2 Å². The summed E-state index contributed by atoms with van der Waals surface area (Å²) in [7, 11) is 0. The highest BCUT2D eigenvalue weighted by Gasteiger charge is 2.38. The molecule has 19 heavy (non-hydrogen) atoms. The van der Waals surface area contributed by atoms with E-state index in [1.807, 2.05) is 5.10 Å². The minimum atomic E-state index is -4.68. The molecule has 0 aliphatic heterocycles. The molecule has 0 fully saturated rings. The molecule has 0 spiro atoms. The Balaban J connectivity index is 2.83. The molecule has 0 unspecified atom stereocenters. The number of nitrogen functional groups attached to an aromatic ring is 1. The van der Waals surface area contributed by atoms with Crippen molar-refractivity contribution in [2.45, 2.75) is 13.1 Å². The molecule has 0 saturated heterocycles. The Hall–Kier alpha value is -2.31. The Labute approximate surface area is 106 Å². The summed E-state index contributed by atoms with van der Waals surface area (Å²) in [6.45, 7) is 1.10. The van der Waals surface area contributed by atoms with E-state index in [9.17, 15) is 18.0 Å². The highest BCUT2D eigenvalue weighted by molar-refractivity contribution is 5.76. The molecule has 0 amide bonds. The maximum atomic E-state index is 13.1. The van der Waals surface area contributed by atoms with Crippen LogP contribution < -0.4 is 11.3 Å². The van der Waals surface area contributed by atoms with Crippen molar-refractivity contribution < 1.29 is 13.2 Å². The van der Waals surface area contributed by atoms with Crippen LogP contribution in [0.2, 0.25) is 0 Å². The quantitative estimate of drug-likeness (QED) is 0.780. The van der Waals surface area contributed by atoms with Crippen LogP contribution in [-0.2, 0) is 6.18 Å². The Kier molecular flexibility index (Phi) is 3.05. The lowest BCUT2D eigenvalue weighted by atomic mass is 10.0. The van der Waals surface area contributed by atoms with E-state index in [1.165, 1.54) is 12.1 Å². The molecule has 0 aliphatic carbocycles. The number of nitrogens with two attached hydrogens (primary N) is 1. The summed E-state index contributed by atoms with van der Waals surface area (Å²) in [6.07, 6.45) is -4.68. The number of aromatic nitrogens is 2. The van der Waals surface area contributed by atoms with Gasteiger partial charge in [0.15, 0.2) is 0 Å². The van der Waals surface area contributed by atoms with Crippen LogP contribution in [0.15, 0.2) is 29.1 Å². The standard InChI is InChI=1S/C12H10F3N3O/c1-6-9(12(13,14)15)10(17-18-11(6)19)7-4-2-3-5-8(7)16/h2-5H,16H2,1H3,(H,18,19). The molecular formula is C12H10F3N3O. The number of nitrogens with one attached hydrogen (secondary N) is 1. The molecule has 100 valence electrons. The zero-order chi connectivity index (χ0) is 14.2. The normalized spacial score (nSPS) is 11.6. The lowest BCUT2D eigenvalue weighted by Gasteiger charge is -2.14. The summed E-state index contributed by atoms with van der Waals surface area (Å²) in [6, 6.07) is 6.04. The fourth-order valence-corrected chi connectivity index (χ4v) is 1.79. The van der Waals surface area contributed by atoms with Crippen molar-refractivity contribution in [3.8, 4) is 11.3 Å². The van der Waals surface area contributed by atoms with Crippen LogP contribution in [0.4, 0.5) is 18.9 Å². The number of anilines is 1. The number of rotatable bonds is 1. The number of aromatic amines is 1. The largest absolute Gasteiger partial charge is 0.419 e. The average Bonchev–Trinajstić information content (AvgIpc) is 2.31. The molecular weight excluding hydrogens is 259 g/mol. The predicted molar refractivity (Wildman–Crippen MR) is 64.4 cm³/mol. The van der Waals surface area contributed by atoms with Gasteiger partial charge in [0.2, 0.25) is 0 Å².